The number of nitrogens with two attached hydrogens (primary N) is 1. The van der Waals surface area contributed by atoms with Crippen LogP contribution in [0.4, 0.5) is 4.79 Å². The molecule has 0 fully saturated rings. The minimum absolute atomic E-state index is 0.0773. The molecule has 0 unspecified atom stereocenters. The monoisotopic (exact) mass is 273 g/mol. The van der Waals surface area contributed by atoms with Gasteiger partial charge in [-0.05, 0) is 53.1 Å². The van der Waals surface area contributed by atoms with Crippen LogP contribution in [0.1, 0.15) is 53.9 Å². The van der Waals surface area contributed by atoms with Crippen LogP contribution in [0.15, 0.2) is 0 Å². The maximum absolute atomic E-state index is 11.7. The summed E-state index contributed by atoms with van der Waals surface area (Å²) in [6.45, 7) is 11.9. The fraction of sp³-hybridized carbons (Fsp3) is 0.929. The zero-order valence-electron chi connectivity index (χ0n) is 13.1. The van der Waals surface area contributed by atoms with E-state index in [9.17, 15) is 4.79 Å². The highest BCUT2D eigenvalue weighted by Crippen LogP contribution is 2.14. The van der Waals surface area contributed by atoms with Gasteiger partial charge in [-0.25, -0.2) is 4.79 Å². The van der Waals surface area contributed by atoms with E-state index in [2.05, 4.69) is 24.5 Å². The third-order valence-corrected chi connectivity index (χ3v) is 3.20. The minimum Gasteiger partial charge on any atom is -0.444 e. The molecule has 0 aliphatic carbocycles. The molecule has 114 valence electrons. The van der Waals surface area contributed by atoms with Crippen molar-refractivity contribution in [2.45, 2.75) is 65.0 Å². The lowest BCUT2D eigenvalue weighted by atomic mass is 9.92. The first-order valence-corrected chi connectivity index (χ1v) is 7.20. The number of nitrogens with one attached hydrogen (secondary N) is 2. The lowest BCUT2D eigenvalue weighted by Gasteiger charge is -2.33. The molecule has 0 aliphatic rings. The van der Waals surface area contributed by atoms with Gasteiger partial charge in [0.1, 0.15) is 5.60 Å². The van der Waals surface area contributed by atoms with Crippen molar-refractivity contribution in [3.05, 3.63) is 0 Å². The van der Waals surface area contributed by atoms with Gasteiger partial charge in [0.25, 0.3) is 0 Å². The number of hydrogen-bond acceptors (Lipinski definition) is 4. The maximum atomic E-state index is 11.7. The predicted octanol–water partition coefficient (Wildman–Crippen LogP) is 2.01. The summed E-state index contributed by atoms with van der Waals surface area (Å²) in [6.07, 6.45) is 2.47. The molecule has 5 nitrogen and oxygen atoms in total. The summed E-state index contributed by atoms with van der Waals surface area (Å²) in [5.41, 5.74) is 4.97. The summed E-state index contributed by atoms with van der Waals surface area (Å²) >= 11 is 0. The van der Waals surface area contributed by atoms with E-state index in [0.717, 1.165) is 25.8 Å². The molecule has 4 N–H and O–H groups in total. The fourth-order valence-electron chi connectivity index (χ4n) is 1.82. The van der Waals surface area contributed by atoms with Crippen molar-refractivity contribution in [2.24, 2.45) is 5.73 Å². The third-order valence-electron chi connectivity index (χ3n) is 3.20. The van der Waals surface area contributed by atoms with Crippen LogP contribution in [0.25, 0.3) is 0 Å². The smallest absolute Gasteiger partial charge is 0.407 e. The summed E-state index contributed by atoms with van der Waals surface area (Å²) in [6, 6.07) is 0. The van der Waals surface area contributed by atoms with Crippen LogP contribution in [0.2, 0.25) is 0 Å². The second-order valence-electron chi connectivity index (χ2n) is 5.91. The quantitative estimate of drug-likeness (QED) is 0.591. The highest BCUT2D eigenvalue weighted by atomic mass is 16.6. The topological polar surface area (TPSA) is 76.4 Å². The highest BCUT2D eigenvalue weighted by Gasteiger charge is 2.26. The summed E-state index contributed by atoms with van der Waals surface area (Å²) in [4.78, 5) is 11.7. The van der Waals surface area contributed by atoms with Gasteiger partial charge in [-0.3, -0.25) is 0 Å². The number of carbonyl (C=O) groups excluding carboxylic acids is 1. The Morgan fingerprint density at radius 1 is 1.21 bits per heavy atom. The lowest BCUT2D eigenvalue weighted by molar-refractivity contribution is 0.0507. The molecule has 1 amide bonds. The summed E-state index contributed by atoms with van der Waals surface area (Å²) in [5.74, 6) is 0. The fourth-order valence-corrected chi connectivity index (χ4v) is 1.82. The van der Waals surface area contributed by atoms with E-state index in [1.54, 1.807) is 0 Å². The van der Waals surface area contributed by atoms with Gasteiger partial charge >= 0.3 is 6.09 Å². The van der Waals surface area contributed by atoms with Gasteiger partial charge in [-0.15, -0.1) is 0 Å². The molecule has 0 aromatic heterocycles. The zero-order chi connectivity index (χ0) is 14.9. The summed E-state index contributed by atoms with van der Waals surface area (Å²) in [5, 5.41) is 6.36. The molecule has 0 aliphatic heterocycles. The van der Waals surface area contributed by atoms with Crippen LogP contribution in [0.3, 0.4) is 0 Å². The molecule has 0 radical (unpaired) electrons. The van der Waals surface area contributed by atoms with E-state index in [-0.39, 0.29) is 11.6 Å². The molecular weight excluding hydrogens is 242 g/mol. The normalized spacial score (nSPS) is 12.3. The first-order chi connectivity index (χ1) is 8.78. The predicted molar refractivity (Wildman–Crippen MR) is 79.2 cm³/mol. The first kappa shape index (κ1) is 18.2. The Morgan fingerprint density at radius 2 is 1.79 bits per heavy atom. The molecular formula is C14H31N3O2. The maximum Gasteiger partial charge on any atom is 0.407 e. The molecule has 0 atom stereocenters. The highest BCUT2D eigenvalue weighted by molar-refractivity contribution is 5.67. The minimum atomic E-state index is -0.460. The third kappa shape index (κ3) is 8.06. The number of ether oxygens (including phenoxy) is 1. The average molecular weight is 273 g/mol. The SMILES string of the molecule is CCC(CC)(CNC(=O)OC(C)(C)C)NCCCN. The number of carbonyl (C=O) groups is 1. The van der Waals surface area contributed by atoms with Crippen molar-refractivity contribution in [1.82, 2.24) is 10.6 Å². The van der Waals surface area contributed by atoms with Gasteiger partial charge in [0.15, 0.2) is 0 Å². The Hall–Kier alpha value is -0.810. The Labute approximate surface area is 117 Å². The van der Waals surface area contributed by atoms with Gasteiger partial charge < -0.3 is 21.1 Å². The lowest BCUT2D eigenvalue weighted by Crippen LogP contribution is -2.53. The Kier molecular flexibility index (Phi) is 8.02. The van der Waals surface area contributed by atoms with Crippen molar-refractivity contribution in [1.29, 1.82) is 0 Å². The summed E-state index contributed by atoms with van der Waals surface area (Å²) in [7, 11) is 0. The summed E-state index contributed by atoms with van der Waals surface area (Å²) < 4.78 is 5.25. The van der Waals surface area contributed by atoms with Crippen molar-refractivity contribution in [2.75, 3.05) is 19.6 Å². The second kappa shape index (κ2) is 8.38. The van der Waals surface area contributed by atoms with Crippen LogP contribution in [0.5, 0.6) is 0 Å². The molecule has 0 bridgehead atoms. The van der Waals surface area contributed by atoms with Crippen LogP contribution < -0.4 is 16.4 Å². The van der Waals surface area contributed by atoms with Crippen molar-refractivity contribution >= 4 is 6.09 Å². The van der Waals surface area contributed by atoms with Gasteiger partial charge in [0, 0.05) is 12.1 Å². The standard InChI is InChI=1S/C14H31N3O2/c1-6-14(7-2,17-10-8-9-15)11-16-12(18)19-13(3,4)5/h17H,6-11,15H2,1-5H3,(H,16,18). The zero-order valence-corrected chi connectivity index (χ0v) is 13.1. The molecule has 0 aromatic carbocycles. The van der Waals surface area contributed by atoms with Gasteiger partial charge in [0.2, 0.25) is 0 Å². The van der Waals surface area contributed by atoms with Gasteiger partial charge in [-0.2, -0.15) is 0 Å². The Balaban J connectivity index is 4.30. The Morgan fingerprint density at radius 3 is 2.21 bits per heavy atom. The van der Waals surface area contributed by atoms with Crippen molar-refractivity contribution in [3.63, 3.8) is 0 Å². The van der Waals surface area contributed by atoms with E-state index < -0.39 is 5.60 Å². The number of alkyl carbamates (subject to hydrolysis) is 1. The Bertz CT molecular complexity index is 258. The molecule has 0 spiro atoms. The number of amides is 1. The molecule has 19 heavy (non-hydrogen) atoms. The largest absolute Gasteiger partial charge is 0.444 e. The molecule has 0 rings (SSSR count). The van der Waals surface area contributed by atoms with E-state index in [4.69, 9.17) is 10.5 Å². The average Bonchev–Trinajstić information content (AvgIpc) is 2.32. The first-order valence-electron chi connectivity index (χ1n) is 7.20. The van der Waals surface area contributed by atoms with Gasteiger partial charge in [0.05, 0.1) is 0 Å². The van der Waals surface area contributed by atoms with Crippen molar-refractivity contribution in [3.8, 4) is 0 Å². The molecule has 0 aromatic rings. The molecule has 0 saturated carbocycles. The van der Waals surface area contributed by atoms with Crippen LogP contribution in [-0.4, -0.2) is 36.9 Å². The van der Waals surface area contributed by atoms with E-state index in [0.29, 0.717) is 13.1 Å². The number of hydrogen-bond donors (Lipinski definition) is 3. The van der Waals surface area contributed by atoms with Gasteiger partial charge in [-0.1, -0.05) is 13.8 Å². The molecule has 0 heterocycles. The van der Waals surface area contributed by atoms with Crippen LogP contribution >= 0.6 is 0 Å². The molecule has 0 saturated heterocycles. The number of rotatable bonds is 8. The van der Waals surface area contributed by atoms with Crippen LogP contribution in [-0.2, 0) is 4.74 Å². The van der Waals surface area contributed by atoms with Crippen molar-refractivity contribution < 1.29 is 9.53 Å². The second-order valence-corrected chi connectivity index (χ2v) is 5.91. The molecule has 5 heteroatoms. The van der Waals surface area contributed by atoms with E-state index in [1.807, 2.05) is 20.8 Å². The van der Waals surface area contributed by atoms with E-state index >= 15 is 0 Å². The van der Waals surface area contributed by atoms with Crippen LogP contribution in [0, 0.1) is 0 Å². The van der Waals surface area contributed by atoms with E-state index in [1.165, 1.54) is 0 Å².